The molecule has 0 amide bonds. The maximum Gasteiger partial charge on any atom is 0.184 e. The zero-order valence-corrected chi connectivity index (χ0v) is 15.2. The molecule has 0 saturated carbocycles. The van der Waals surface area contributed by atoms with Crippen molar-refractivity contribution in [3.63, 3.8) is 0 Å². The average molecular weight is 315 g/mol. The van der Waals surface area contributed by atoms with E-state index in [2.05, 4.69) is 52.6 Å². The molecule has 0 aromatic rings. The van der Waals surface area contributed by atoms with E-state index in [1.165, 1.54) is 5.57 Å². The SMILES string of the molecule is C/C(=C\Cl)CC1(O[Si](C)(C)C)C(C)C2C=CC(O2)C1C. The van der Waals surface area contributed by atoms with Gasteiger partial charge in [0, 0.05) is 17.4 Å². The van der Waals surface area contributed by atoms with Gasteiger partial charge in [-0.2, -0.15) is 0 Å². The van der Waals surface area contributed by atoms with Crippen LogP contribution < -0.4 is 0 Å². The molecule has 20 heavy (non-hydrogen) atoms. The minimum Gasteiger partial charge on any atom is -0.411 e. The van der Waals surface area contributed by atoms with Crippen molar-refractivity contribution in [3.05, 3.63) is 23.3 Å². The molecular weight excluding hydrogens is 288 g/mol. The predicted molar refractivity (Wildman–Crippen MR) is 87.5 cm³/mol. The first kappa shape index (κ1) is 16.3. The van der Waals surface area contributed by atoms with E-state index >= 15 is 0 Å². The zero-order chi connectivity index (χ0) is 15.1. The number of ether oxygens (including phenoxy) is 1. The molecular formula is C16H27ClO2Si. The fourth-order valence-corrected chi connectivity index (χ4v) is 5.28. The summed E-state index contributed by atoms with van der Waals surface area (Å²) < 4.78 is 12.8. The fraction of sp³-hybridized carbons (Fsp3) is 0.750. The van der Waals surface area contributed by atoms with Gasteiger partial charge in [0.05, 0.1) is 17.8 Å². The third kappa shape index (κ3) is 2.91. The molecule has 2 nitrogen and oxygen atoms in total. The second kappa shape index (κ2) is 5.60. The smallest absolute Gasteiger partial charge is 0.184 e. The van der Waals surface area contributed by atoms with Crippen LogP contribution in [-0.4, -0.2) is 26.1 Å². The van der Waals surface area contributed by atoms with Gasteiger partial charge in [0.2, 0.25) is 0 Å². The third-order valence-corrected chi connectivity index (χ3v) is 5.93. The van der Waals surface area contributed by atoms with Crippen LogP contribution in [0.25, 0.3) is 0 Å². The van der Waals surface area contributed by atoms with E-state index < -0.39 is 8.32 Å². The van der Waals surface area contributed by atoms with Gasteiger partial charge < -0.3 is 9.16 Å². The highest BCUT2D eigenvalue weighted by Gasteiger charge is 2.55. The molecule has 2 bridgehead atoms. The standard InChI is InChI=1S/C16H27ClO2Si/c1-11(10-17)9-16(19-20(4,5)6)12(2)14-7-8-15(18-14)13(16)3/h7-8,10,12-15H,9H2,1-6H3/b11-10+. The van der Waals surface area contributed by atoms with Crippen molar-refractivity contribution in [2.75, 3.05) is 0 Å². The Bertz CT molecular complexity index is 407. The van der Waals surface area contributed by atoms with Crippen molar-refractivity contribution in [2.24, 2.45) is 11.8 Å². The van der Waals surface area contributed by atoms with Crippen LogP contribution in [0.15, 0.2) is 23.3 Å². The van der Waals surface area contributed by atoms with Gasteiger partial charge in [-0.05, 0) is 33.0 Å². The van der Waals surface area contributed by atoms with Gasteiger partial charge in [0.25, 0.3) is 0 Å². The van der Waals surface area contributed by atoms with Gasteiger partial charge in [-0.1, -0.05) is 43.2 Å². The van der Waals surface area contributed by atoms with Crippen molar-refractivity contribution in [1.29, 1.82) is 0 Å². The van der Waals surface area contributed by atoms with Crippen LogP contribution >= 0.6 is 11.6 Å². The fourth-order valence-electron chi connectivity index (χ4n) is 3.62. The Morgan fingerprint density at radius 2 is 1.75 bits per heavy atom. The quantitative estimate of drug-likeness (QED) is 0.552. The maximum atomic E-state index is 6.76. The minimum atomic E-state index is -1.67. The van der Waals surface area contributed by atoms with Crippen molar-refractivity contribution < 1.29 is 9.16 Å². The highest BCUT2D eigenvalue weighted by atomic mass is 35.5. The van der Waals surface area contributed by atoms with Crippen LogP contribution in [0, 0.1) is 11.8 Å². The van der Waals surface area contributed by atoms with Gasteiger partial charge in [0.15, 0.2) is 8.32 Å². The van der Waals surface area contributed by atoms with E-state index in [-0.39, 0.29) is 17.8 Å². The Morgan fingerprint density at radius 1 is 1.25 bits per heavy atom. The monoisotopic (exact) mass is 314 g/mol. The van der Waals surface area contributed by atoms with Crippen molar-refractivity contribution in [2.45, 2.75) is 64.6 Å². The lowest BCUT2D eigenvalue weighted by Gasteiger charge is -2.53. The third-order valence-electron chi connectivity index (χ3n) is 4.57. The first-order valence-electron chi connectivity index (χ1n) is 7.49. The van der Waals surface area contributed by atoms with Crippen LogP contribution in [0.2, 0.25) is 19.6 Å². The zero-order valence-electron chi connectivity index (χ0n) is 13.4. The van der Waals surface area contributed by atoms with Crippen LogP contribution in [0.3, 0.4) is 0 Å². The van der Waals surface area contributed by atoms with E-state index in [1.807, 2.05) is 0 Å². The van der Waals surface area contributed by atoms with Crippen molar-refractivity contribution in [3.8, 4) is 0 Å². The molecule has 4 atom stereocenters. The molecule has 2 rings (SSSR count). The van der Waals surface area contributed by atoms with E-state index in [9.17, 15) is 0 Å². The summed E-state index contributed by atoms with van der Waals surface area (Å²) in [4.78, 5) is 0. The predicted octanol–water partition coefficient (Wildman–Crippen LogP) is 4.72. The second-order valence-electron chi connectivity index (χ2n) is 7.33. The van der Waals surface area contributed by atoms with Crippen LogP contribution in [0.4, 0.5) is 0 Å². The van der Waals surface area contributed by atoms with Crippen molar-refractivity contribution >= 4 is 19.9 Å². The van der Waals surface area contributed by atoms with E-state index in [4.69, 9.17) is 20.8 Å². The van der Waals surface area contributed by atoms with Crippen LogP contribution in [-0.2, 0) is 9.16 Å². The number of hydrogen-bond donors (Lipinski definition) is 0. The van der Waals surface area contributed by atoms with E-state index in [1.54, 1.807) is 5.54 Å². The molecule has 114 valence electrons. The Morgan fingerprint density at radius 3 is 2.15 bits per heavy atom. The number of hydrogen-bond acceptors (Lipinski definition) is 2. The largest absolute Gasteiger partial charge is 0.411 e. The summed E-state index contributed by atoms with van der Waals surface area (Å²) in [6.07, 6.45) is 5.66. The summed E-state index contributed by atoms with van der Waals surface area (Å²) in [5.74, 6) is 0.677. The molecule has 0 spiro atoms. The molecule has 1 fully saturated rings. The molecule has 0 N–H and O–H groups in total. The topological polar surface area (TPSA) is 18.5 Å². The molecule has 2 aliphatic heterocycles. The molecule has 4 heteroatoms. The molecule has 0 aromatic carbocycles. The lowest BCUT2D eigenvalue weighted by molar-refractivity contribution is -0.170. The summed E-state index contributed by atoms with van der Waals surface area (Å²) in [5, 5.41) is 0. The van der Waals surface area contributed by atoms with Gasteiger partial charge in [-0.3, -0.25) is 0 Å². The highest BCUT2D eigenvalue weighted by Crippen LogP contribution is 2.49. The van der Waals surface area contributed by atoms with Gasteiger partial charge in [-0.15, -0.1) is 0 Å². The van der Waals surface area contributed by atoms with E-state index in [0.29, 0.717) is 11.8 Å². The van der Waals surface area contributed by atoms with Crippen LogP contribution in [0.1, 0.15) is 27.2 Å². The lowest BCUT2D eigenvalue weighted by Crippen LogP contribution is -2.60. The first-order chi connectivity index (χ1) is 9.19. The molecule has 0 radical (unpaired) electrons. The average Bonchev–Trinajstić information content (AvgIpc) is 2.79. The number of fused-ring (bicyclic) bond motifs is 2. The van der Waals surface area contributed by atoms with E-state index in [0.717, 1.165) is 6.42 Å². The van der Waals surface area contributed by atoms with Gasteiger partial charge in [0.1, 0.15) is 0 Å². The maximum absolute atomic E-state index is 6.76. The Labute approximate surface area is 129 Å². The summed E-state index contributed by atoms with van der Waals surface area (Å²) in [5.41, 5.74) is 2.71. The molecule has 2 heterocycles. The van der Waals surface area contributed by atoms with Gasteiger partial charge >= 0.3 is 0 Å². The van der Waals surface area contributed by atoms with Crippen molar-refractivity contribution in [1.82, 2.24) is 0 Å². The number of halogens is 1. The molecule has 1 saturated heterocycles. The minimum absolute atomic E-state index is 0.170. The molecule has 4 unspecified atom stereocenters. The Kier molecular flexibility index (Phi) is 4.56. The summed E-state index contributed by atoms with van der Waals surface area (Å²) in [7, 11) is -1.67. The first-order valence-corrected chi connectivity index (χ1v) is 11.3. The normalized spacial score (nSPS) is 41.2. The molecule has 0 aromatic heterocycles. The molecule has 2 aliphatic rings. The van der Waals surface area contributed by atoms with Crippen LogP contribution in [0.5, 0.6) is 0 Å². The summed E-state index contributed by atoms with van der Waals surface area (Å²) in [6.45, 7) is 13.4. The second-order valence-corrected chi connectivity index (χ2v) is 12.0. The van der Waals surface area contributed by atoms with Gasteiger partial charge in [-0.25, -0.2) is 0 Å². The highest BCUT2D eigenvalue weighted by molar-refractivity contribution is 6.69. The lowest BCUT2D eigenvalue weighted by atomic mass is 9.70. The number of rotatable bonds is 4. The Hall–Kier alpha value is -0.0931. The summed E-state index contributed by atoms with van der Waals surface area (Å²) in [6, 6.07) is 0. The summed E-state index contributed by atoms with van der Waals surface area (Å²) >= 11 is 5.94. The Balaban J connectivity index is 2.39. The molecule has 0 aliphatic carbocycles.